The highest BCUT2D eigenvalue weighted by Crippen LogP contribution is 2.24. The van der Waals surface area contributed by atoms with Crippen molar-refractivity contribution in [2.45, 2.75) is 6.61 Å². The van der Waals surface area contributed by atoms with Crippen molar-refractivity contribution in [3.8, 4) is 11.4 Å². The summed E-state index contributed by atoms with van der Waals surface area (Å²) >= 11 is 0. The number of amides is 2. The second kappa shape index (κ2) is 9.84. The molecule has 0 radical (unpaired) electrons. The highest BCUT2D eigenvalue weighted by atomic mass is 19.1. The molecule has 2 aromatic heterocycles. The number of hydrogen-bond donors (Lipinski definition) is 0. The predicted octanol–water partition coefficient (Wildman–Crippen LogP) is 3.78. The van der Waals surface area contributed by atoms with E-state index in [1.54, 1.807) is 40.3 Å². The fraction of sp³-hybridized carbons (Fsp3) is 0.192. The van der Waals surface area contributed by atoms with E-state index in [1.807, 2.05) is 30.3 Å². The Morgan fingerprint density at radius 2 is 1.57 bits per heavy atom. The lowest BCUT2D eigenvalue weighted by Gasteiger charge is -2.34. The van der Waals surface area contributed by atoms with E-state index in [0.29, 0.717) is 37.6 Å². The summed E-state index contributed by atoms with van der Waals surface area (Å²) in [7, 11) is 0. The Labute approximate surface area is 201 Å². The minimum atomic E-state index is -0.361. The number of halogens is 1. The van der Waals surface area contributed by atoms with E-state index in [1.165, 1.54) is 23.1 Å². The molecule has 3 heterocycles. The number of furan rings is 1. The van der Waals surface area contributed by atoms with E-state index in [4.69, 9.17) is 9.15 Å². The first-order chi connectivity index (χ1) is 17.1. The van der Waals surface area contributed by atoms with Crippen molar-refractivity contribution in [3.05, 3.63) is 102 Å². The van der Waals surface area contributed by atoms with Gasteiger partial charge in [-0.1, -0.05) is 30.3 Å². The van der Waals surface area contributed by atoms with Crippen molar-refractivity contribution < 1.29 is 23.1 Å². The van der Waals surface area contributed by atoms with Gasteiger partial charge in [0.2, 0.25) is 0 Å². The third-order valence-electron chi connectivity index (χ3n) is 5.80. The molecule has 0 N–H and O–H groups in total. The summed E-state index contributed by atoms with van der Waals surface area (Å²) in [5.41, 5.74) is 1.71. The van der Waals surface area contributed by atoms with E-state index in [-0.39, 0.29) is 35.7 Å². The first-order valence-electron chi connectivity index (χ1n) is 11.2. The zero-order valence-corrected chi connectivity index (χ0v) is 18.8. The number of ether oxygens (including phenoxy) is 1. The fourth-order valence-corrected chi connectivity index (χ4v) is 3.89. The van der Waals surface area contributed by atoms with Crippen LogP contribution < -0.4 is 4.74 Å². The summed E-state index contributed by atoms with van der Waals surface area (Å²) in [4.78, 5) is 29.3. The molecule has 0 spiro atoms. The third-order valence-corrected chi connectivity index (χ3v) is 5.80. The van der Waals surface area contributed by atoms with Crippen molar-refractivity contribution in [1.82, 2.24) is 19.6 Å². The normalized spacial score (nSPS) is 13.6. The van der Waals surface area contributed by atoms with Gasteiger partial charge in [0, 0.05) is 26.2 Å². The maximum atomic E-state index is 13.4. The predicted molar refractivity (Wildman–Crippen MR) is 125 cm³/mol. The number of rotatable bonds is 6. The lowest BCUT2D eigenvalue weighted by molar-refractivity contribution is 0.0512. The first-order valence-corrected chi connectivity index (χ1v) is 11.2. The second-order valence-electron chi connectivity index (χ2n) is 8.10. The summed E-state index contributed by atoms with van der Waals surface area (Å²) < 4.78 is 26.1. The van der Waals surface area contributed by atoms with Gasteiger partial charge < -0.3 is 19.0 Å². The monoisotopic (exact) mass is 474 g/mol. The first kappa shape index (κ1) is 22.4. The molecule has 8 nitrogen and oxygen atoms in total. The number of hydrogen-bond acceptors (Lipinski definition) is 5. The number of nitrogens with zero attached hydrogens (tertiary/aromatic N) is 4. The number of aromatic nitrogens is 2. The zero-order chi connectivity index (χ0) is 24.2. The van der Waals surface area contributed by atoms with Gasteiger partial charge in [-0.2, -0.15) is 5.10 Å². The highest BCUT2D eigenvalue weighted by Gasteiger charge is 2.30. The zero-order valence-electron chi connectivity index (χ0n) is 18.8. The fourth-order valence-electron chi connectivity index (χ4n) is 3.89. The van der Waals surface area contributed by atoms with E-state index in [9.17, 15) is 14.0 Å². The number of carbonyl (C=O) groups is 2. The van der Waals surface area contributed by atoms with E-state index in [0.717, 1.165) is 5.56 Å². The summed E-state index contributed by atoms with van der Waals surface area (Å²) in [5.74, 6) is -0.245. The van der Waals surface area contributed by atoms with Crippen molar-refractivity contribution in [2.24, 2.45) is 0 Å². The van der Waals surface area contributed by atoms with Gasteiger partial charge in [0.25, 0.3) is 11.8 Å². The molecule has 4 aromatic rings. The smallest absolute Gasteiger partial charge is 0.289 e. The highest BCUT2D eigenvalue weighted by molar-refractivity contribution is 5.95. The Hall–Kier alpha value is -4.40. The molecule has 1 aliphatic rings. The number of benzene rings is 2. The Bertz CT molecular complexity index is 1300. The molecule has 0 unspecified atom stereocenters. The standard InChI is InChI=1S/C26H23FN4O4/c27-20-8-10-21(11-9-20)31-17-23(35-18-19-5-2-1-3-6-19)24(28-31)26(33)30-14-12-29(13-15-30)25(32)22-7-4-16-34-22/h1-11,16-17H,12-15,18H2. The number of carbonyl (C=O) groups excluding carboxylic acids is 2. The Morgan fingerprint density at radius 3 is 2.23 bits per heavy atom. The molecular formula is C26H23FN4O4. The molecule has 35 heavy (non-hydrogen) atoms. The third kappa shape index (κ3) is 4.93. The minimum absolute atomic E-state index is 0.163. The summed E-state index contributed by atoms with van der Waals surface area (Å²) in [6, 6.07) is 18.7. The average molecular weight is 474 g/mol. The van der Waals surface area contributed by atoms with Crippen molar-refractivity contribution in [1.29, 1.82) is 0 Å². The molecule has 0 bridgehead atoms. The van der Waals surface area contributed by atoms with E-state index in [2.05, 4.69) is 5.10 Å². The van der Waals surface area contributed by atoms with Gasteiger partial charge in [-0.15, -0.1) is 0 Å². The van der Waals surface area contributed by atoms with E-state index >= 15 is 0 Å². The van der Waals surface area contributed by atoms with Crippen LogP contribution in [0.1, 0.15) is 26.6 Å². The van der Waals surface area contributed by atoms with Crippen LogP contribution in [0.2, 0.25) is 0 Å². The van der Waals surface area contributed by atoms with Gasteiger partial charge in [-0.25, -0.2) is 9.07 Å². The van der Waals surface area contributed by atoms with Crippen LogP contribution in [0.15, 0.2) is 83.6 Å². The molecule has 0 saturated carbocycles. The van der Waals surface area contributed by atoms with Gasteiger partial charge in [0.1, 0.15) is 12.4 Å². The molecule has 1 saturated heterocycles. The van der Waals surface area contributed by atoms with Crippen LogP contribution in [-0.2, 0) is 6.61 Å². The number of piperazine rings is 1. The van der Waals surface area contributed by atoms with Crippen LogP contribution in [-0.4, -0.2) is 57.6 Å². The van der Waals surface area contributed by atoms with E-state index < -0.39 is 0 Å². The Morgan fingerprint density at radius 1 is 0.886 bits per heavy atom. The topological polar surface area (TPSA) is 80.8 Å². The minimum Gasteiger partial charge on any atom is -0.485 e. The summed E-state index contributed by atoms with van der Waals surface area (Å²) in [6.45, 7) is 1.73. The molecule has 0 atom stereocenters. The largest absolute Gasteiger partial charge is 0.485 e. The van der Waals surface area contributed by atoms with Crippen LogP contribution in [0.5, 0.6) is 5.75 Å². The Balaban J connectivity index is 1.34. The molecule has 1 aliphatic heterocycles. The van der Waals surface area contributed by atoms with Gasteiger partial charge in [-0.3, -0.25) is 9.59 Å². The average Bonchev–Trinajstić information content (AvgIpc) is 3.59. The second-order valence-corrected chi connectivity index (χ2v) is 8.10. The molecule has 1 fully saturated rings. The molecule has 9 heteroatoms. The maximum absolute atomic E-state index is 13.4. The van der Waals surface area contributed by atoms with Gasteiger partial charge in [0.05, 0.1) is 18.1 Å². The molecule has 178 valence electrons. The van der Waals surface area contributed by atoms with Crippen molar-refractivity contribution in [3.63, 3.8) is 0 Å². The molecular weight excluding hydrogens is 451 g/mol. The van der Waals surface area contributed by atoms with Crippen molar-refractivity contribution >= 4 is 11.8 Å². The molecule has 5 rings (SSSR count). The molecule has 2 aromatic carbocycles. The van der Waals surface area contributed by atoms with Crippen LogP contribution in [0.3, 0.4) is 0 Å². The molecule has 2 amide bonds. The van der Waals surface area contributed by atoms with Gasteiger partial charge in [-0.05, 0) is 42.0 Å². The maximum Gasteiger partial charge on any atom is 0.289 e. The van der Waals surface area contributed by atoms with Crippen LogP contribution in [0.25, 0.3) is 5.69 Å². The van der Waals surface area contributed by atoms with Crippen LogP contribution in [0.4, 0.5) is 4.39 Å². The SMILES string of the molecule is O=C(c1ccco1)N1CCN(C(=O)c2nn(-c3ccc(F)cc3)cc2OCc2ccccc2)CC1. The molecule has 0 aliphatic carbocycles. The van der Waals surface area contributed by atoms with Gasteiger partial charge >= 0.3 is 0 Å². The van der Waals surface area contributed by atoms with Crippen molar-refractivity contribution in [2.75, 3.05) is 26.2 Å². The van der Waals surface area contributed by atoms with Crippen LogP contribution in [0, 0.1) is 5.82 Å². The lowest BCUT2D eigenvalue weighted by atomic mass is 10.2. The van der Waals surface area contributed by atoms with Gasteiger partial charge in [0.15, 0.2) is 17.2 Å². The summed E-state index contributed by atoms with van der Waals surface area (Å²) in [6.07, 6.45) is 3.08. The quantitative estimate of drug-likeness (QED) is 0.425. The Kier molecular flexibility index (Phi) is 6.30. The summed E-state index contributed by atoms with van der Waals surface area (Å²) in [5, 5.41) is 4.47. The van der Waals surface area contributed by atoms with Crippen LogP contribution >= 0.6 is 0 Å². The lowest BCUT2D eigenvalue weighted by Crippen LogP contribution is -2.50.